The highest BCUT2D eigenvalue weighted by Gasteiger charge is 2.26. The molecule has 37 heavy (non-hydrogen) atoms. The van der Waals surface area contributed by atoms with Crippen LogP contribution in [0, 0.1) is 6.92 Å². The maximum atomic E-state index is 12.6. The summed E-state index contributed by atoms with van der Waals surface area (Å²) in [6, 6.07) is 22.3. The molecule has 0 spiro atoms. The molecule has 1 atom stereocenters. The third-order valence-corrected chi connectivity index (χ3v) is 7.60. The number of aryl methyl sites for hydroxylation is 1. The molecule has 1 aliphatic heterocycles. The number of nitrogens with zero attached hydrogens (tertiary/aromatic N) is 1. The van der Waals surface area contributed by atoms with Crippen molar-refractivity contribution in [3.05, 3.63) is 100 Å². The molecule has 3 aromatic rings. The van der Waals surface area contributed by atoms with Gasteiger partial charge in [-0.25, -0.2) is 4.79 Å². The number of allylic oxidation sites excluding steroid dienone is 1. The molecule has 5 heteroatoms. The number of ether oxygens (including phenoxy) is 1. The van der Waals surface area contributed by atoms with Gasteiger partial charge < -0.3 is 9.84 Å². The maximum Gasteiger partial charge on any atom is 0.335 e. The van der Waals surface area contributed by atoms with Gasteiger partial charge in [-0.05, 0) is 96.2 Å². The summed E-state index contributed by atoms with van der Waals surface area (Å²) in [7, 11) is 0. The number of carbonyl (C=O) groups is 1. The predicted octanol–water partition coefficient (Wildman–Crippen LogP) is 6.80. The van der Waals surface area contributed by atoms with E-state index in [0.29, 0.717) is 12.0 Å². The van der Waals surface area contributed by atoms with Crippen molar-refractivity contribution < 1.29 is 19.0 Å². The normalized spacial score (nSPS) is 17.9. The van der Waals surface area contributed by atoms with Gasteiger partial charge in [-0.1, -0.05) is 48.5 Å². The highest BCUT2D eigenvalue weighted by Crippen LogP contribution is 2.42. The van der Waals surface area contributed by atoms with Crippen LogP contribution in [-0.4, -0.2) is 48.4 Å². The van der Waals surface area contributed by atoms with Gasteiger partial charge in [-0.2, -0.15) is 0 Å². The summed E-state index contributed by atoms with van der Waals surface area (Å²) in [4.78, 5) is 14.0. The van der Waals surface area contributed by atoms with Gasteiger partial charge in [0, 0.05) is 19.6 Å². The Kier molecular flexibility index (Phi) is 7.71. The van der Waals surface area contributed by atoms with Gasteiger partial charge in [-0.3, -0.25) is 9.29 Å². The summed E-state index contributed by atoms with van der Waals surface area (Å²) in [6.07, 6.45) is 4.30. The number of hydrogen-bond donors (Lipinski definition) is 1. The van der Waals surface area contributed by atoms with Crippen LogP contribution in [0.4, 0.5) is 4.39 Å². The Balaban J connectivity index is 1.57. The van der Waals surface area contributed by atoms with E-state index in [9.17, 15) is 14.3 Å². The summed E-state index contributed by atoms with van der Waals surface area (Å²) in [6.45, 7) is 4.37. The van der Waals surface area contributed by atoms with Crippen molar-refractivity contribution in [3.8, 4) is 5.75 Å². The number of hydrogen-bond acceptors (Lipinski definition) is 3. The number of aromatic carboxylic acids is 1. The fraction of sp³-hybridized carbons (Fsp3) is 0.344. The Hall–Kier alpha value is -3.44. The molecule has 5 rings (SSSR count). The minimum Gasteiger partial charge on any atom is -0.489 e. The average Bonchev–Trinajstić information content (AvgIpc) is 3.27. The minimum absolute atomic E-state index is 0.0932. The molecule has 3 aromatic carbocycles. The van der Waals surface area contributed by atoms with Crippen molar-refractivity contribution >= 4 is 17.1 Å². The van der Waals surface area contributed by atoms with E-state index in [-0.39, 0.29) is 12.8 Å². The molecular formula is C32H34FNO3. The number of alkyl halides is 1. The van der Waals surface area contributed by atoms with Crippen LogP contribution in [0.1, 0.15) is 63.9 Å². The van der Waals surface area contributed by atoms with Gasteiger partial charge in [0.2, 0.25) is 0 Å². The van der Waals surface area contributed by atoms with Crippen LogP contribution in [0.3, 0.4) is 0 Å². The molecule has 1 fully saturated rings. The van der Waals surface area contributed by atoms with Crippen molar-refractivity contribution in [2.45, 2.75) is 45.1 Å². The van der Waals surface area contributed by atoms with E-state index in [1.54, 1.807) is 6.07 Å². The van der Waals surface area contributed by atoms with Crippen LogP contribution in [0.15, 0.2) is 66.7 Å². The second kappa shape index (κ2) is 11.3. The Morgan fingerprint density at radius 1 is 1.05 bits per heavy atom. The van der Waals surface area contributed by atoms with Gasteiger partial charge in [-0.15, -0.1) is 0 Å². The molecule has 0 unspecified atom stereocenters. The number of carboxylic acid groups (broad SMARTS) is 1. The zero-order chi connectivity index (χ0) is 25.8. The highest BCUT2D eigenvalue weighted by atomic mass is 19.1. The van der Waals surface area contributed by atoms with E-state index >= 15 is 0 Å². The van der Waals surface area contributed by atoms with Crippen LogP contribution in [0.2, 0.25) is 0 Å². The van der Waals surface area contributed by atoms with E-state index in [1.807, 2.05) is 24.3 Å². The zero-order valence-electron chi connectivity index (χ0n) is 21.4. The smallest absolute Gasteiger partial charge is 0.335 e. The monoisotopic (exact) mass is 499 g/mol. The van der Waals surface area contributed by atoms with Gasteiger partial charge in [0.15, 0.2) is 0 Å². The van der Waals surface area contributed by atoms with E-state index in [0.717, 1.165) is 78.9 Å². The Morgan fingerprint density at radius 2 is 1.89 bits per heavy atom. The van der Waals surface area contributed by atoms with Crippen LogP contribution in [0.25, 0.3) is 11.1 Å². The fourth-order valence-electron chi connectivity index (χ4n) is 5.73. The topological polar surface area (TPSA) is 49.8 Å². The SMILES string of the molecule is Cc1c(O[C@@H]2CCN(CCCF)C2)cccc1C1=C(c2ccccc2)CCCc2cc(C(=O)O)ccc21. The van der Waals surface area contributed by atoms with Crippen molar-refractivity contribution in [1.29, 1.82) is 0 Å². The van der Waals surface area contributed by atoms with Gasteiger partial charge in [0.1, 0.15) is 11.9 Å². The lowest BCUT2D eigenvalue weighted by Crippen LogP contribution is -2.26. The standard InChI is InChI=1S/C32H34FNO3/c1-22-27(11-6-13-30(22)37-26-16-19-34(21-26)18-7-17-33)31-28(23-8-3-2-4-9-23)12-5-10-24-20-25(32(35)36)14-15-29(24)31/h2-4,6,8-9,11,13-15,20,26H,5,7,10,12,16-19,21H2,1H3,(H,35,36)/t26-/m1/s1. The van der Waals surface area contributed by atoms with Gasteiger partial charge in [0.05, 0.1) is 12.2 Å². The fourth-order valence-corrected chi connectivity index (χ4v) is 5.73. The molecule has 0 bridgehead atoms. The first-order chi connectivity index (χ1) is 18.0. The average molecular weight is 500 g/mol. The molecular weight excluding hydrogens is 465 g/mol. The first kappa shape index (κ1) is 25.2. The van der Waals surface area contributed by atoms with E-state index in [2.05, 4.69) is 48.2 Å². The first-order valence-corrected chi connectivity index (χ1v) is 13.2. The summed E-state index contributed by atoms with van der Waals surface area (Å²) in [5.74, 6) is -0.0211. The van der Waals surface area contributed by atoms with Crippen molar-refractivity contribution in [1.82, 2.24) is 4.90 Å². The van der Waals surface area contributed by atoms with Crippen molar-refractivity contribution in [3.63, 3.8) is 0 Å². The lowest BCUT2D eigenvalue weighted by atomic mass is 9.85. The maximum absolute atomic E-state index is 12.6. The molecule has 0 aromatic heterocycles. The van der Waals surface area contributed by atoms with Crippen molar-refractivity contribution in [2.75, 3.05) is 26.3 Å². The number of carboxylic acids is 1. The molecule has 1 heterocycles. The van der Waals surface area contributed by atoms with Crippen LogP contribution >= 0.6 is 0 Å². The predicted molar refractivity (Wildman–Crippen MR) is 146 cm³/mol. The summed E-state index contributed by atoms with van der Waals surface area (Å²) in [5.41, 5.74) is 8.34. The number of benzene rings is 3. The van der Waals surface area contributed by atoms with Crippen LogP contribution in [-0.2, 0) is 6.42 Å². The third kappa shape index (κ3) is 5.47. The van der Waals surface area contributed by atoms with Crippen molar-refractivity contribution in [2.24, 2.45) is 0 Å². The number of halogens is 1. The summed E-state index contributed by atoms with van der Waals surface area (Å²) in [5, 5.41) is 9.60. The number of rotatable bonds is 8. The second-order valence-corrected chi connectivity index (χ2v) is 10.1. The molecule has 4 nitrogen and oxygen atoms in total. The molecule has 2 aliphatic rings. The molecule has 0 amide bonds. The summed E-state index contributed by atoms with van der Waals surface area (Å²) < 4.78 is 19.1. The van der Waals surface area contributed by atoms with E-state index in [4.69, 9.17) is 4.74 Å². The van der Waals surface area contributed by atoms with Crippen LogP contribution in [0.5, 0.6) is 5.75 Å². The Bertz CT molecular complexity index is 1300. The second-order valence-electron chi connectivity index (χ2n) is 10.1. The zero-order valence-corrected chi connectivity index (χ0v) is 21.4. The van der Waals surface area contributed by atoms with E-state index in [1.165, 1.54) is 11.1 Å². The molecule has 1 saturated heterocycles. The molecule has 1 N–H and O–H groups in total. The summed E-state index contributed by atoms with van der Waals surface area (Å²) >= 11 is 0. The lowest BCUT2D eigenvalue weighted by molar-refractivity contribution is 0.0696. The molecule has 192 valence electrons. The number of fused-ring (bicyclic) bond motifs is 1. The molecule has 0 saturated carbocycles. The quantitative estimate of drug-likeness (QED) is 0.370. The molecule has 1 aliphatic carbocycles. The number of likely N-dealkylation sites (tertiary alicyclic amines) is 1. The third-order valence-electron chi connectivity index (χ3n) is 7.60. The van der Waals surface area contributed by atoms with Crippen LogP contribution < -0.4 is 4.74 Å². The minimum atomic E-state index is -0.899. The first-order valence-electron chi connectivity index (χ1n) is 13.2. The Morgan fingerprint density at radius 3 is 2.68 bits per heavy atom. The highest BCUT2D eigenvalue weighted by molar-refractivity contribution is 6.01. The van der Waals surface area contributed by atoms with Gasteiger partial charge in [0.25, 0.3) is 0 Å². The largest absolute Gasteiger partial charge is 0.489 e. The molecule has 0 radical (unpaired) electrons. The van der Waals surface area contributed by atoms with Gasteiger partial charge >= 0.3 is 5.97 Å². The lowest BCUT2D eigenvalue weighted by Gasteiger charge is -2.22. The van der Waals surface area contributed by atoms with E-state index < -0.39 is 5.97 Å². The Labute approximate surface area is 218 Å².